The van der Waals surface area contributed by atoms with Gasteiger partial charge < -0.3 is 19.9 Å². The highest BCUT2D eigenvalue weighted by Crippen LogP contribution is 2.25. The van der Waals surface area contributed by atoms with Crippen LogP contribution in [0.3, 0.4) is 0 Å². The van der Waals surface area contributed by atoms with Crippen molar-refractivity contribution in [3.8, 4) is 0 Å². The Labute approximate surface area is 160 Å². The summed E-state index contributed by atoms with van der Waals surface area (Å²) < 4.78 is 7.53. The molecule has 2 saturated heterocycles. The molecule has 8 heteroatoms. The van der Waals surface area contributed by atoms with Crippen molar-refractivity contribution in [1.29, 1.82) is 0 Å². The molecule has 0 aromatic carbocycles. The Kier molecular flexibility index (Phi) is 5.54. The van der Waals surface area contributed by atoms with E-state index in [4.69, 9.17) is 4.74 Å². The summed E-state index contributed by atoms with van der Waals surface area (Å²) in [6.07, 6.45) is 4.07. The fraction of sp³-hybridized carbons (Fsp3) is 0.632. The molecule has 0 spiro atoms. The van der Waals surface area contributed by atoms with Gasteiger partial charge in [0.05, 0.1) is 18.9 Å². The molecule has 0 bridgehead atoms. The normalized spacial score (nSPS) is 20.9. The van der Waals surface area contributed by atoms with Crippen molar-refractivity contribution in [2.75, 3.05) is 49.2 Å². The summed E-state index contributed by atoms with van der Waals surface area (Å²) in [6.45, 7) is 8.37. The number of hydrogen-bond donors (Lipinski definition) is 1. The molecule has 2 aromatic rings. The zero-order valence-corrected chi connectivity index (χ0v) is 16.3. The second-order valence-electron chi connectivity index (χ2n) is 7.36. The maximum absolute atomic E-state index is 5.51. The lowest BCUT2D eigenvalue weighted by atomic mass is 10.1. The van der Waals surface area contributed by atoms with Gasteiger partial charge in [0.25, 0.3) is 0 Å². The van der Waals surface area contributed by atoms with E-state index >= 15 is 0 Å². The number of aromatic nitrogens is 4. The zero-order chi connectivity index (χ0) is 18.6. The minimum Gasteiger partial charge on any atom is -0.378 e. The van der Waals surface area contributed by atoms with Gasteiger partial charge in [-0.1, -0.05) is 0 Å². The minimum atomic E-state index is 0.443. The Morgan fingerprint density at radius 2 is 2.07 bits per heavy atom. The van der Waals surface area contributed by atoms with Crippen molar-refractivity contribution in [3.05, 3.63) is 29.6 Å². The predicted molar refractivity (Wildman–Crippen MR) is 105 cm³/mol. The first-order valence-corrected chi connectivity index (χ1v) is 9.83. The lowest BCUT2D eigenvalue weighted by Crippen LogP contribution is -2.46. The molecule has 1 N–H and O–H groups in total. The van der Waals surface area contributed by atoms with Crippen LogP contribution in [0.1, 0.15) is 24.1 Å². The number of ether oxygens (including phenoxy) is 1. The Morgan fingerprint density at radius 3 is 2.85 bits per heavy atom. The quantitative estimate of drug-likeness (QED) is 0.844. The summed E-state index contributed by atoms with van der Waals surface area (Å²) >= 11 is 0. The second kappa shape index (κ2) is 8.22. The number of piperidine rings is 1. The van der Waals surface area contributed by atoms with Crippen LogP contribution >= 0.6 is 0 Å². The van der Waals surface area contributed by atoms with E-state index in [0.717, 1.165) is 63.9 Å². The van der Waals surface area contributed by atoms with Crippen LogP contribution in [0.4, 0.5) is 11.6 Å². The number of aryl methyl sites for hydroxylation is 2. The Balaban J connectivity index is 1.42. The minimum absolute atomic E-state index is 0.443. The lowest BCUT2D eigenvalue weighted by molar-refractivity contribution is 0.122. The summed E-state index contributed by atoms with van der Waals surface area (Å²) in [5, 5.41) is 16.7. The number of nitrogens with one attached hydrogen (secondary N) is 1. The molecule has 1 atom stereocenters. The largest absolute Gasteiger partial charge is 0.378 e. The van der Waals surface area contributed by atoms with E-state index in [0.29, 0.717) is 6.04 Å². The van der Waals surface area contributed by atoms with Crippen LogP contribution < -0.4 is 15.1 Å². The first kappa shape index (κ1) is 18.2. The molecule has 4 rings (SSSR count). The number of rotatable bonds is 5. The molecule has 1 unspecified atom stereocenters. The molecular weight excluding hydrogens is 342 g/mol. The molecule has 2 aromatic heterocycles. The maximum Gasteiger partial charge on any atom is 0.151 e. The zero-order valence-electron chi connectivity index (χ0n) is 16.3. The van der Waals surface area contributed by atoms with Gasteiger partial charge in [-0.15, -0.1) is 5.10 Å². The first-order valence-electron chi connectivity index (χ1n) is 9.83. The topological polar surface area (TPSA) is 71.3 Å². The molecule has 8 nitrogen and oxygen atoms in total. The van der Waals surface area contributed by atoms with Crippen molar-refractivity contribution in [2.24, 2.45) is 7.05 Å². The number of hydrogen-bond acceptors (Lipinski definition) is 7. The van der Waals surface area contributed by atoms with Crippen molar-refractivity contribution in [2.45, 2.75) is 32.4 Å². The fourth-order valence-corrected chi connectivity index (χ4v) is 4.13. The van der Waals surface area contributed by atoms with Crippen LogP contribution in [0.15, 0.2) is 18.3 Å². The van der Waals surface area contributed by atoms with E-state index in [1.807, 2.05) is 23.9 Å². The highest BCUT2D eigenvalue weighted by molar-refractivity contribution is 5.50. The van der Waals surface area contributed by atoms with E-state index in [9.17, 15) is 0 Å². The van der Waals surface area contributed by atoms with Crippen molar-refractivity contribution in [3.63, 3.8) is 0 Å². The highest BCUT2D eigenvalue weighted by Gasteiger charge is 2.24. The van der Waals surface area contributed by atoms with Crippen LogP contribution in [0.2, 0.25) is 0 Å². The average Bonchev–Trinajstić information content (AvgIpc) is 3.01. The first-order chi connectivity index (χ1) is 13.2. The third kappa shape index (κ3) is 4.06. The van der Waals surface area contributed by atoms with Gasteiger partial charge in [-0.2, -0.15) is 10.2 Å². The average molecular weight is 371 g/mol. The van der Waals surface area contributed by atoms with Gasteiger partial charge >= 0.3 is 0 Å². The van der Waals surface area contributed by atoms with Crippen molar-refractivity contribution in [1.82, 2.24) is 25.3 Å². The van der Waals surface area contributed by atoms with Crippen LogP contribution in [-0.4, -0.2) is 65.4 Å². The van der Waals surface area contributed by atoms with Crippen molar-refractivity contribution >= 4 is 11.6 Å². The van der Waals surface area contributed by atoms with E-state index in [1.165, 1.54) is 17.8 Å². The number of anilines is 2. The summed E-state index contributed by atoms with van der Waals surface area (Å²) in [5.41, 5.74) is 2.41. The molecule has 0 amide bonds. The standard InChI is InChI=1S/C19H29N7O/c1-15-17(19(24(2)23-15)25-9-11-27-12-10-25)13-20-16-5-4-8-26(14-16)18-6-3-7-21-22-18/h3,6-7,16,20H,4-5,8-14H2,1-2H3. The monoisotopic (exact) mass is 371 g/mol. The predicted octanol–water partition coefficient (Wildman–Crippen LogP) is 1.11. The highest BCUT2D eigenvalue weighted by atomic mass is 16.5. The summed E-state index contributed by atoms with van der Waals surface area (Å²) in [5.74, 6) is 2.19. The summed E-state index contributed by atoms with van der Waals surface area (Å²) in [4.78, 5) is 4.72. The lowest BCUT2D eigenvalue weighted by Gasteiger charge is -2.34. The van der Waals surface area contributed by atoms with Gasteiger partial charge in [0.2, 0.25) is 0 Å². The molecule has 0 radical (unpaired) electrons. The summed E-state index contributed by atoms with van der Waals surface area (Å²) in [6, 6.07) is 4.43. The molecular formula is C19H29N7O. The fourth-order valence-electron chi connectivity index (χ4n) is 4.13. The van der Waals surface area contributed by atoms with E-state index in [-0.39, 0.29) is 0 Å². The van der Waals surface area contributed by atoms with Gasteiger partial charge in [-0.05, 0) is 31.9 Å². The molecule has 27 heavy (non-hydrogen) atoms. The van der Waals surface area contributed by atoms with Crippen LogP contribution in [0.25, 0.3) is 0 Å². The van der Waals surface area contributed by atoms with Gasteiger partial charge in [0, 0.05) is 57.6 Å². The maximum atomic E-state index is 5.51. The van der Waals surface area contributed by atoms with Crippen LogP contribution in [0.5, 0.6) is 0 Å². The summed E-state index contributed by atoms with van der Waals surface area (Å²) in [7, 11) is 2.04. The van der Waals surface area contributed by atoms with Gasteiger partial charge in [0.15, 0.2) is 5.82 Å². The number of nitrogens with zero attached hydrogens (tertiary/aromatic N) is 6. The third-order valence-electron chi connectivity index (χ3n) is 5.49. The molecule has 4 heterocycles. The molecule has 0 aliphatic carbocycles. The smallest absolute Gasteiger partial charge is 0.151 e. The van der Waals surface area contributed by atoms with Gasteiger partial charge in [0.1, 0.15) is 5.82 Å². The third-order valence-corrected chi connectivity index (χ3v) is 5.49. The molecule has 2 aliphatic heterocycles. The van der Waals surface area contributed by atoms with Crippen LogP contribution in [0, 0.1) is 6.92 Å². The number of morpholine rings is 1. The molecule has 2 aliphatic rings. The van der Waals surface area contributed by atoms with Gasteiger partial charge in [-0.3, -0.25) is 4.68 Å². The van der Waals surface area contributed by atoms with Gasteiger partial charge in [-0.25, -0.2) is 0 Å². The molecule has 0 saturated carbocycles. The Morgan fingerprint density at radius 1 is 1.22 bits per heavy atom. The Hall–Kier alpha value is -2.19. The van der Waals surface area contributed by atoms with E-state index < -0.39 is 0 Å². The van der Waals surface area contributed by atoms with Crippen molar-refractivity contribution < 1.29 is 4.74 Å². The second-order valence-corrected chi connectivity index (χ2v) is 7.36. The SMILES string of the molecule is Cc1nn(C)c(N2CCOCC2)c1CNC1CCCN(c2cccnn2)C1. The van der Waals surface area contributed by atoms with E-state index in [1.54, 1.807) is 6.20 Å². The molecule has 146 valence electrons. The molecule has 2 fully saturated rings. The van der Waals surface area contributed by atoms with Crippen LogP contribution in [-0.2, 0) is 18.3 Å². The Bertz CT molecular complexity index is 742. The van der Waals surface area contributed by atoms with E-state index in [2.05, 4.69) is 37.3 Å².